The van der Waals surface area contributed by atoms with Gasteiger partial charge < -0.3 is 5.73 Å². The molecule has 0 spiro atoms. The van der Waals surface area contributed by atoms with Gasteiger partial charge in [0, 0.05) is 17.3 Å². The molecule has 1 aromatic carbocycles. The van der Waals surface area contributed by atoms with Crippen LogP contribution in [0.1, 0.15) is 49.3 Å². The molecule has 0 fully saturated rings. The molecule has 3 nitrogen and oxygen atoms in total. The number of hydrogen-bond donors (Lipinski definition) is 1. The van der Waals surface area contributed by atoms with Crippen LogP contribution >= 0.6 is 0 Å². The van der Waals surface area contributed by atoms with Gasteiger partial charge in [-0.1, -0.05) is 26.0 Å². The topological polar surface area (TPSA) is 43.8 Å². The summed E-state index contributed by atoms with van der Waals surface area (Å²) in [6.45, 7) is 6.76. The molecule has 2 N–H and O–H groups in total. The number of halogens is 1. The largest absolute Gasteiger partial charge is 0.324 e. The highest BCUT2D eigenvalue weighted by Gasteiger charge is 2.18. The number of nitrogens with zero attached hydrogens (tertiary/aromatic N) is 2. The molecule has 1 heterocycles. The van der Waals surface area contributed by atoms with Gasteiger partial charge in [-0.15, -0.1) is 0 Å². The molecule has 0 saturated heterocycles. The summed E-state index contributed by atoms with van der Waals surface area (Å²) in [6, 6.07) is 6.63. The van der Waals surface area contributed by atoms with Crippen molar-refractivity contribution >= 4 is 0 Å². The van der Waals surface area contributed by atoms with E-state index in [2.05, 4.69) is 18.9 Å². The van der Waals surface area contributed by atoms with Gasteiger partial charge in [-0.2, -0.15) is 5.10 Å². The molecule has 1 atom stereocenters. The number of nitrogens with two attached hydrogens (primary N) is 1. The molecule has 1 unspecified atom stereocenters. The lowest BCUT2D eigenvalue weighted by atomic mass is 10.0. The van der Waals surface area contributed by atoms with Crippen LogP contribution in [0.25, 0.3) is 0 Å². The second-order valence-corrected chi connectivity index (χ2v) is 5.09. The normalized spacial score (nSPS) is 12.7. The molecule has 0 aliphatic heterocycles. The van der Waals surface area contributed by atoms with E-state index in [-0.39, 0.29) is 11.9 Å². The zero-order valence-corrected chi connectivity index (χ0v) is 12.4. The number of aromatic nitrogens is 2. The van der Waals surface area contributed by atoms with Crippen molar-refractivity contribution in [3.05, 3.63) is 52.6 Å². The van der Waals surface area contributed by atoms with Crippen LogP contribution in [0.15, 0.2) is 24.3 Å². The number of benzene rings is 1. The maximum absolute atomic E-state index is 13.3. The van der Waals surface area contributed by atoms with Crippen LogP contribution in [0, 0.1) is 5.82 Å². The van der Waals surface area contributed by atoms with Gasteiger partial charge in [-0.25, -0.2) is 4.39 Å². The molecular weight excluding hydrogens is 253 g/mol. The van der Waals surface area contributed by atoms with Crippen LogP contribution in [0.3, 0.4) is 0 Å². The molecule has 0 radical (unpaired) electrons. The fourth-order valence-electron chi connectivity index (χ4n) is 2.66. The van der Waals surface area contributed by atoms with Crippen molar-refractivity contribution in [3.8, 4) is 0 Å². The Morgan fingerprint density at radius 2 is 2.05 bits per heavy atom. The molecule has 0 bridgehead atoms. The minimum absolute atomic E-state index is 0.0267. The molecule has 0 saturated carbocycles. The summed E-state index contributed by atoms with van der Waals surface area (Å²) in [7, 11) is 0. The van der Waals surface area contributed by atoms with Crippen LogP contribution in [0.5, 0.6) is 0 Å². The van der Waals surface area contributed by atoms with Crippen LogP contribution in [0.4, 0.5) is 4.39 Å². The SMILES string of the molecule is CCc1nn(Cc2cccc(F)c2)c(CC)c1C(C)N. The van der Waals surface area contributed by atoms with E-state index >= 15 is 0 Å². The molecule has 108 valence electrons. The first-order chi connectivity index (χ1) is 9.56. The van der Waals surface area contributed by atoms with Crippen molar-refractivity contribution in [2.45, 2.75) is 46.2 Å². The Bertz CT molecular complexity index is 587. The minimum Gasteiger partial charge on any atom is -0.324 e. The zero-order chi connectivity index (χ0) is 14.7. The van der Waals surface area contributed by atoms with E-state index in [0.717, 1.165) is 35.4 Å². The first-order valence-electron chi connectivity index (χ1n) is 7.15. The van der Waals surface area contributed by atoms with Gasteiger partial charge in [0.15, 0.2) is 0 Å². The van der Waals surface area contributed by atoms with Gasteiger partial charge in [0.05, 0.1) is 12.2 Å². The molecule has 0 amide bonds. The van der Waals surface area contributed by atoms with Crippen LogP contribution < -0.4 is 5.73 Å². The van der Waals surface area contributed by atoms with Gasteiger partial charge in [0.2, 0.25) is 0 Å². The number of hydrogen-bond acceptors (Lipinski definition) is 2. The first-order valence-corrected chi connectivity index (χ1v) is 7.15. The monoisotopic (exact) mass is 275 g/mol. The molecular formula is C16H22FN3. The third-order valence-electron chi connectivity index (χ3n) is 3.52. The van der Waals surface area contributed by atoms with Gasteiger partial charge in [-0.3, -0.25) is 4.68 Å². The first kappa shape index (κ1) is 14.7. The van der Waals surface area contributed by atoms with E-state index in [1.54, 1.807) is 12.1 Å². The van der Waals surface area contributed by atoms with Crippen molar-refractivity contribution < 1.29 is 4.39 Å². The minimum atomic E-state index is -0.212. The van der Waals surface area contributed by atoms with Crippen molar-refractivity contribution in [3.63, 3.8) is 0 Å². The highest BCUT2D eigenvalue weighted by Crippen LogP contribution is 2.23. The average molecular weight is 275 g/mol. The van der Waals surface area contributed by atoms with Crippen LogP contribution in [0.2, 0.25) is 0 Å². The second kappa shape index (κ2) is 6.18. The van der Waals surface area contributed by atoms with Crippen molar-refractivity contribution in [1.29, 1.82) is 0 Å². The predicted octanol–water partition coefficient (Wildman–Crippen LogP) is 3.22. The second-order valence-electron chi connectivity index (χ2n) is 5.09. The summed E-state index contributed by atoms with van der Waals surface area (Å²) < 4.78 is 15.2. The van der Waals surface area contributed by atoms with Crippen LogP contribution in [-0.2, 0) is 19.4 Å². The summed E-state index contributed by atoms with van der Waals surface area (Å²) in [5.41, 5.74) is 10.3. The molecule has 2 rings (SSSR count). The standard InChI is InChI=1S/C16H22FN3/c1-4-14-16(11(3)18)15(5-2)20(19-14)10-12-7-6-8-13(17)9-12/h6-9,11H,4-5,10,18H2,1-3H3. The summed E-state index contributed by atoms with van der Waals surface area (Å²) >= 11 is 0. The Kier molecular flexibility index (Phi) is 4.55. The third kappa shape index (κ3) is 2.90. The zero-order valence-electron chi connectivity index (χ0n) is 12.4. The summed E-state index contributed by atoms with van der Waals surface area (Å²) in [6.07, 6.45) is 1.74. The van der Waals surface area contributed by atoms with Crippen molar-refractivity contribution in [1.82, 2.24) is 9.78 Å². The summed E-state index contributed by atoms with van der Waals surface area (Å²) in [4.78, 5) is 0. The Morgan fingerprint density at radius 3 is 2.60 bits per heavy atom. The lowest BCUT2D eigenvalue weighted by molar-refractivity contribution is 0.610. The van der Waals surface area contributed by atoms with Gasteiger partial charge in [-0.05, 0) is 37.5 Å². The molecule has 1 aromatic heterocycles. The highest BCUT2D eigenvalue weighted by atomic mass is 19.1. The van der Waals surface area contributed by atoms with E-state index in [1.165, 1.54) is 6.07 Å². The van der Waals surface area contributed by atoms with E-state index < -0.39 is 0 Å². The van der Waals surface area contributed by atoms with Gasteiger partial charge in [0.25, 0.3) is 0 Å². The predicted molar refractivity (Wildman–Crippen MR) is 79.1 cm³/mol. The fourth-order valence-corrected chi connectivity index (χ4v) is 2.66. The lowest BCUT2D eigenvalue weighted by Gasteiger charge is -2.10. The Morgan fingerprint density at radius 1 is 1.30 bits per heavy atom. The smallest absolute Gasteiger partial charge is 0.123 e. The van der Waals surface area contributed by atoms with E-state index in [0.29, 0.717) is 6.54 Å². The van der Waals surface area contributed by atoms with E-state index in [1.807, 2.05) is 17.7 Å². The molecule has 20 heavy (non-hydrogen) atoms. The number of aryl methyl sites for hydroxylation is 1. The molecule has 0 aliphatic carbocycles. The maximum Gasteiger partial charge on any atom is 0.123 e. The van der Waals surface area contributed by atoms with E-state index in [9.17, 15) is 4.39 Å². The maximum atomic E-state index is 13.3. The summed E-state index contributed by atoms with van der Waals surface area (Å²) in [5, 5.41) is 4.66. The highest BCUT2D eigenvalue weighted by molar-refractivity contribution is 5.30. The Labute approximate surface area is 119 Å². The van der Waals surface area contributed by atoms with E-state index in [4.69, 9.17) is 5.73 Å². The van der Waals surface area contributed by atoms with Gasteiger partial charge >= 0.3 is 0 Å². The average Bonchev–Trinajstić information content (AvgIpc) is 2.76. The number of rotatable bonds is 5. The van der Waals surface area contributed by atoms with Crippen molar-refractivity contribution in [2.24, 2.45) is 5.73 Å². The quantitative estimate of drug-likeness (QED) is 0.910. The molecule has 2 aromatic rings. The molecule has 0 aliphatic rings. The fraction of sp³-hybridized carbons (Fsp3) is 0.438. The van der Waals surface area contributed by atoms with Gasteiger partial charge in [0.1, 0.15) is 5.82 Å². The third-order valence-corrected chi connectivity index (χ3v) is 3.52. The Balaban J connectivity index is 2.41. The molecule has 4 heteroatoms. The summed E-state index contributed by atoms with van der Waals surface area (Å²) in [5.74, 6) is -0.212. The van der Waals surface area contributed by atoms with Crippen LogP contribution in [-0.4, -0.2) is 9.78 Å². The lowest BCUT2D eigenvalue weighted by Crippen LogP contribution is -2.11. The van der Waals surface area contributed by atoms with Crippen molar-refractivity contribution in [2.75, 3.05) is 0 Å². The Hall–Kier alpha value is -1.68.